The molecule has 0 aliphatic rings. The van der Waals surface area contributed by atoms with Crippen molar-refractivity contribution in [3.63, 3.8) is 0 Å². The highest BCUT2D eigenvalue weighted by Gasteiger charge is 2.04. The summed E-state index contributed by atoms with van der Waals surface area (Å²) in [6, 6.07) is 8.22. The van der Waals surface area contributed by atoms with Gasteiger partial charge in [-0.2, -0.15) is 0 Å². The van der Waals surface area contributed by atoms with Gasteiger partial charge in [0, 0.05) is 37.9 Å². The molecular formula is C14H17N3. The molecule has 0 saturated heterocycles. The summed E-state index contributed by atoms with van der Waals surface area (Å²) in [4.78, 5) is 10.6. The number of aromatic nitrogens is 2. The summed E-state index contributed by atoms with van der Waals surface area (Å²) < 4.78 is 0. The van der Waals surface area contributed by atoms with Gasteiger partial charge in [0.2, 0.25) is 0 Å². The van der Waals surface area contributed by atoms with Crippen LogP contribution in [0.5, 0.6) is 0 Å². The summed E-state index contributed by atoms with van der Waals surface area (Å²) in [5.41, 5.74) is 2.55. The summed E-state index contributed by atoms with van der Waals surface area (Å²) in [7, 11) is 0. The number of hydrogen-bond donors (Lipinski definition) is 0. The molecule has 0 bridgehead atoms. The first-order valence-electron chi connectivity index (χ1n) is 5.88. The van der Waals surface area contributed by atoms with Crippen molar-refractivity contribution in [2.24, 2.45) is 0 Å². The van der Waals surface area contributed by atoms with Crippen molar-refractivity contribution in [3.05, 3.63) is 60.2 Å². The largest absolute Gasteiger partial charge is 0.295 e. The summed E-state index contributed by atoms with van der Waals surface area (Å²) >= 11 is 0. The average Bonchev–Trinajstić information content (AvgIpc) is 2.40. The predicted octanol–water partition coefficient (Wildman–Crippen LogP) is 2.50. The highest BCUT2D eigenvalue weighted by atomic mass is 15.1. The summed E-state index contributed by atoms with van der Waals surface area (Å²) in [6.07, 6.45) is 7.42. The number of hydrogen-bond acceptors (Lipinski definition) is 3. The van der Waals surface area contributed by atoms with Crippen LogP contribution in [0.2, 0.25) is 0 Å². The Morgan fingerprint density at radius 3 is 2.35 bits per heavy atom. The average molecular weight is 227 g/mol. The van der Waals surface area contributed by atoms with Crippen molar-refractivity contribution in [2.75, 3.05) is 6.54 Å². The molecular weight excluding hydrogens is 210 g/mol. The van der Waals surface area contributed by atoms with E-state index < -0.39 is 0 Å². The molecule has 3 heteroatoms. The van der Waals surface area contributed by atoms with Crippen LogP contribution in [0.3, 0.4) is 0 Å². The minimum Gasteiger partial charge on any atom is -0.295 e. The zero-order chi connectivity index (χ0) is 11.9. The van der Waals surface area contributed by atoms with E-state index in [-0.39, 0.29) is 0 Å². The lowest BCUT2D eigenvalue weighted by molar-refractivity contribution is 0.271. The number of pyridine rings is 2. The molecule has 2 aromatic rings. The molecule has 0 atom stereocenters. The van der Waals surface area contributed by atoms with Crippen LogP contribution in [-0.4, -0.2) is 21.4 Å². The lowest BCUT2D eigenvalue weighted by atomic mass is 10.2. The van der Waals surface area contributed by atoms with Gasteiger partial charge in [-0.15, -0.1) is 0 Å². The number of nitrogens with zero attached hydrogens (tertiary/aromatic N) is 3. The van der Waals surface area contributed by atoms with E-state index in [4.69, 9.17) is 0 Å². The summed E-state index contributed by atoms with van der Waals surface area (Å²) in [5, 5.41) is 0. The van der Waals surface area contributed by atoms with E-state index in [1.807, 2.05) is 30.9 Å². The minimum atomic E-state index is 0.937. The zero-order valence-corrected chi connectivity index (χ0v) is 10.1. The van der Waals surface area contributed by atoms with Crippen LogP contribution in [0.15, 0.2) is 49.1 Å². The molecule has 88 valence electrons. The van der Waals surface area contributed by atoms with Crippen molar-refractivity contribution in [2.45, 2.75) is 20.0 Å². The third-order valence-electron chi connectivity index (χ3n) is 2.73. The van der Waals surface area contributed by atoms with Gasteiger partial charge >= 0.3 is 0 Å². The highest BCUT2D eigenvalue weighted by molar-refractivity contribution is 5.11. The van der Waals surface area contributed by atoms with E-state index >= 15 is 0 Å². The van der Waals surface area contributed by atoms with Gasteiger partial charge in [0.15, 0.2) is 0 Å². The van der Waals surface area contributed by atoms with E-state index in [1.165, 1.54) is 11.1 Å². The van der Waals surface area contributed by atoms with Crippen molar-refractivity contribution < 1.29 is 0 Å². The zero-order valence-electron chi connectivity index (χ0n) is 10.1. The fourth-order valence-corrected chi connectivity index (χ4v) is 1.78. The first-order valence-corrected chi connectivity index (χ1v) is 5.88. The van der Waals surface area contributed by atoms with Gasteiger partial charge in [0.1, 0.15) is 0 Å². The van der Waals surface area contributed by atoms with Crippen LogP contribution in [-0.2, 0) is 13.1 Å². The maximum atomic E-state index is 4.14. The van der Waals surface area contributed by atoms with Gasteiger partial charge in [-0.3, -0.25) is 14.9 Å². The molecule has 0 aliphatic carbocycles. The molecule has 17 heavy (non-hydrogen) atoms. The Balaban J connectivity index is 1.98. The van der Waals surface area contributed by atoms with Gasteiger partial charge in [0.25, 0.3) is 0 Å². The van der Waals surface area contributed by atoms with Crippen LogP contribution < -0.4 is 0 Å². The normalized spacial score (nSPS) is 10.7. The maximum Gasteiger partial charge on any atom is 0.0312 e. The third-order valence-corrected chi connectivity index (χ3v) is 2.73. The van der Waals surface area contributed by atoms with E-state index in [9.17, 15) is 0 Å². The van der Waals surface area contributed by atoms with Gasteiger partial charge < -0.3 is 0 Å². The minimum absolute atomic E-state index is 0.937. The monoisotopic (exact) mass is 227 g/mol. The Hall–Kier alpha value is -1.74. The van der Waals surface area contributed by atoms with E-state index in [1.54, 1.807) is 0 Å². The second-order valence-corrected chi connectivity index (χ2v) is 4.02. The van der Waals surface area contributed by atoms with Crippen LogP contribution in [0.4, 0.5) is 0 Å². The molecule has 0 aliphatic heterocycles. The Morgan fingerprint density at radius 2 is 1.71 bits per heavy atom. The summed E-state index contributed by atoms with van der Waals surface area (Å²) in [6.45, 7) is 5.09. The fraction of sp³-hybridized carbons (Fsp3) is 0.286. The Morgan fingerprint density at radius 1 is 0.941 bits per heavy atom. The molecule has 0 spiro atoms. The van der Waals surface area contributed by atoms with Crippen molar-refractivity contribution in [3.8, 4) is 0 Å². The van der Waals surface area contributed by atoms with Crippen molar-refractivity contribution in [1.29, 1.82) is 0 Å². The van der Waals surface area contributed by atoms with Gasteiger partial charge in [-0.1, -0.05) is 13.0 Å². The quantitative estimate of drug-likeness (QED) is 0.786. The molecule has 2 heterocycles. The van der Waals surface area contributed by atoms with Crippen LogP contribution in [0, 0.1) is 0 Å². The van der Waals surface area contributed by atoms with E-state index in [0.29, 0.717) is 0 Å². The van der Waals surface area contributed by atoms with Gasteiger partial charge in [0.05, 0.1) is 0 Å². The molecule has 3 nitrogen and oxygen atoms in total. The van der Waals surface area contributed by atoms with E-state index in [0.717, 1.165) is 19.6 Å². The first kappa shape index (κ1) is 11.7. The number of rotatable bonds is 5. The maximum absolute atomic E-state index is 4.14. The molecule has 0 unspecified atom stereocenters. The first-order chi connectivity index (χ1) is 8.38. The summed E-state index contributed by atoms with van der Waals surface area (Å²) in [5.74, 6) is 0. The highest BCUT2D eigenvalue weighted by Crippen LogP contribution is 2.07. The predicted molar refractivity (Wildman–Crippen MR) is 68.3 cm³/mol. The van der Waals surface area contributed by atoms with Crippen molar-refractivity contribution >= 4 is 0 Å². The molecule has 0 saturated carbocycles. The Bertz CT molecular complexity index is 386. The molecule has 2 aromatic heterocycles. The molecule has 0 fully saturated rings. The smallest absolute Gasteiger partial charge is 0.0312 e. The second-order valence-electron chi connectivity index (χ2n) is 4.02. The molecule has 0 radical (unpaired) electrons. The van der Waals surface area contributed by atoms with Crippen LogP contribution >= 0.6 is 0 Å². The molecule has 2 rings (SSSR count). The standard InChI is InChI=1S/C14H17N3/c1-2-17(11-13-5-8-15-9-6-13)12-14-4-3-7-16-10-14/h3-10H,2,11-12H2,1H3. The molecule has 0 aromatic carbocycles. The molecule has 0 amide bonds. The van der Waals surface area contributed by atoms with Gasteiger partial charge in [-0.25, -0.2) is 0 Å². The third kappa shape index (κ3) is 3.64. The van der Waals surface area contributed by atoms with Crippen molar-refractivity contribution in [1.82, 2.24) is 14.9 Å². The SMILES string of the molecule is CCN(Cc1ccncc1)Cc1cccnc1. The van der Waals surface area contributed by atoms with Crippen LogP contribution in [0.25, 0.3) is 0 Å². The Kier molecular flexibility index (Phi) is 4.22. The lowest BCUT2D eigenvalue weighted by Gasteiger charge is -2.20. The Labute approximate surface area is 102 Å². The molecule has 0 N–H and O–H groups in total. The van der Waals surface area contributed by atoms with E-state index in [2.05, 4.69) is 40.0 Å². The van der Waals surface area contributed by atoms with Crippen LogP contribution in [0.1, 0.15) is 18.1 Å². The lowest BCUT2D eigenvalue weighted by Crippen LogP contribution is -2.22. The second kappa shape index (κ2) is 6.11. The van der Waals surface area contributed by atoms with Gasteiger partial charge in [-0.05, 0) is 35.9 Å². The fourth-order valence-electron chi connectivity index (χ4n) is 1.78. The topological polar surface area (TPSA) is 29.0 Å².